The third-order valence-electron chi connectivity index (χ3n) is 5.26. The number of amides is 2. The van der Waals surface area contributed by atoms with Crippen LogP contribution in [0, 0.1) is 0 Å². The van der Waals surface area contributed by atoms with Crippen molar-refractivity contribution in [1.29, 1.82) is 0 Å². The Morgan fingerprint density at radius 3 is 2.39 bits per heavy atom. The van der Waals surface area contributed by atoms with Gasteiger partial charge in [0.15, 0.2) is 0 Å². The van der Waals surface area contributed by atoms with Crippen LogP contribution >= 0.6 is 0 Å². The molecule has 2 amide bonds. The molecule has 3 aromatic rings. The number of carbonyl (C=O) groups is 3. The quantitative estimate of drug-likeness (QED) is 0.566. The standard InChI is InChI=1S/C26H23N3O4/c1-33-26(32)21-9-5-8-19(14-21)17-27-25(31)20-10-12-23(13-11-20)29-24(30)16-22(28-29)15-18-6-3-2-4-7-18/h2-14H,15-17H2,1H3,(H,27,31). The first-order valence-corrected chi connectivity index (χ1v) is 10.5. The number of benzene rings is 3. The Kier molecular flexibility index (Phi) is 6.59. The van der Waals surface area contributed by atoms with Gasteiger partial charge < -0.3 is 10.1 Å². The molecule has 1 aliphatic heterocycles. The second-order valence-corrected chi connectivity index (χ2v) is 7.63. The predicted molar refractivity (Wildman–Crippen MR) is 125 cm³/mol. The zero-order valence-corrected chi connectivity index (χ0v) is 18.2. The number of carbonyl (C=O) groups excluding carboxylic acids is 3. The average Bonchev–Trinajstić information content (AvgIpc) is 3.22. The van der Waals surface area contributed by atoms with Crippen LogP contribution in [0.2, 0.25) is 0 Å². The highest BCUT2D eigenvalue weighted by molar-refractivity contribution is 6.13. The van der Waals surface area contributed by atoms with Crippen LogP contribution in [0.1, 0.15) is 38.3 Å². The minimum absolute atomic E-state index is 0.0939. The van der Waals surface area contributed by atoms with Gasteiger partial charge in [-0.2, -0.15) is 5.10 Å². The number of methoxy groups -OCH3 is 1. The summed E-state index contributed by atoms with van der Waals surface area (Å²) in [6.07, 6.45) is 0.905. The van der Waals surface area contributed by atoms with E-state index in [9.17, 15) is 14.4 Å². The van der Waals surface area contributed by atoms with Gasteiger partial charge in [-0.05, 0) is 47.5 Å². The number of anilines is 1. The molecular weight excluding hydrogens is 418 g/mol. The summed E-state index contributed by atoms with van der Waals surface area (Å²) in [7, 11) is 1.32. The SMILES string of the molecule is COC(=O)c1cccc(CNC(=O)c2ccc(N3N=C(Cc4ccccc4)CC3=O)cc2)c1. The largest absolute Gasteiger partial charge is 0.465 e. The van der Waals surface area contributed by atoms with Gasteiger partial charge in [0.1, 0.15) is 0 Å². The molecule has 0 saturated carbocycles. The van der Waals surface area contributed by atoms with E-state index in [2.05, 4.69) is 10.4 Å². The maximum absolute atomic E-state index is 12.5. The van der Waals surface area contributed by atoms with Crippen LogP contribution in [0.25, 0.3) is 0 Å². The van der Waals surface area contributed by atoms with Crippen molar-refractivity contribution in [3.05, 3.63) is 101 Å². The van der Waals surface area contributed by atoms with E-state index in [0.717, 1.165) is 16.8 Å². The van der Waals surface area contributed by atoms with Gasteiger partial charge in [0.2, 0.25) is 0 Å². The lowest BCUT2D eigenvalue weighted by molar-refractivity contribution is -0.116. The van der Waals surface area contributed by atoms with Crippen molar-refractivity contribution in [1.82, 2.24) is 5.32 Å². The smallest absolute Gasteiger partial charge is 0.337 e. The van der Waals surface area contributed by atoms with E-state index < -0.39 is 5.97 Å². The lowest BCUT2D eigenvalue weighted by Gasteiger charge is -2.12. The third-order valence-corrected chi connectivity index (χ3v) is 5.26. The molecule has 33 heavy (non-hydrogen) atoms. The van der Waals surface area contributed by atoms with Crippen molar-refractivity contribution in [2.45, 2.75) is 19.4 Å². The number of hydrazone groups is 1. The summed E-state index contributed by atoms with van der Waals surface area (Å²) < 4.78 is 4.72. The molecule has 4 rings (SSSR count). The van der Waals surface area contributed by atoms with Crippen molar-refractivity contribution in [3.63, 3.8) is 0 Å². The van der Waals surface area contributed by atoms with Crippen LogP contribution in [0.4, 0.5) is 5.69 Å². The van der Waals surface area contributed by atoms with Gasteiger partial charge in [-0.15, -0.1) is 0 Å². The van der Waals surface area contributed by atoms with E-state index in [1.54, 1.807) is 42.5 Å². The first kappa shape index (κ1) is 22.0. The minimum Gasteiger partial charge on any atom is -0.465 e. The van der Waals surface area contributed by atoms with Crippen LogP contribution in [0.15, 0.2) is 84.0 Å². The molecule has 1 aliphatic rings. The van der Waals surface area contributed by atoms with Crippen LogP contribution in [-0.4, -0.2) is 30.6 Å². The minimum atomic E-state index is -0.426. The van der Waals surface area contributed by atoms with Crippen molar-refractivity contribution in [3.8, 4) is 0 Å². The van der Waals surface area contributed by atoms with Crippen molar-refractivity contribution in [2.24, 2.45) is 5.10 Å². The van der Waals surface area contributed by atoms with Crippen molar-refractivity contribution in [2.75, 3.05) is 12.1 Å². The molecule has 0 unspecified atom stereocenters. The molecule has 166 valence electrons. The van der Waals surface area contributed by atoms with Gasteiger partial charge >= 0.3 is 5.97 Å². The van der Waals surface area contributed by atoms with Crippen molar-refractivity contribution >= 4 is 29.2 Å². The van der Waals surface area contributed by atoms with E-state index in [0.29, 0.717) is 23.2 Å². The molecule has 7 heteroatoms. The van der Waals surface area contributed by atoms with Gasteiger partial charge in [0.05, 0.1) is 30.5 Å². The summed E-state index contributed by atoms with van der Waals surface area (Å²) in [6.45, 7) is 0.267. The number of esters is 1. The Labute approximate surface area is 191 Å². The van der Waals surface area contributed by atoms with Crippen LogP contribution in [-0.2, 0) is 22.5 Å². The van der Waals surface area contributed by atoms with Gasteiger partial charge in [-0.1, -0.05) is 42.5 Å². The van der Waals surface area contributed by atoms with E-state index in [4.69, 9.17) is 4.74 Å². The Morgan fingerprint density at radius 2 is 1.67 bits per heavy atom. The van der Waals surface area contributed by atoms with Crippen LogP contribution in [0.5, 0.6) is 0 Å². The highest BCUT2D eigenvalue weighted by Gasteiger charge is 2.25. The second-order valence-electron chi connectivity index (χ2n) is 7.63. The van der Waals surface area contributed by atoms with Gasteiger partial charge in [-0.25, -0.2) is 9.80 Å². The fourth-order valence-electron chi connectivity index (χ4n) is 3.58. The maximum atomic E-state index is 12.5. The van der Waals surface area contributed by atoms with E-state index in [-0.39, 0.29) is 24.8 Å². The van der Waals surface area contributed by atoms with Gasteiger partial charge in [0, 0.05) is 18.5 Å². The zero-order valence-electron chi connectivity index (χ0n) is 18.2. The topological polar surface area (TPSA) is 88.1 Å². The molecule has 0 spiro atoms. The monoisotopic (exact) mass is 441 g/mol. The summed E-state index contributed by atoms with van der Waals surface area (Å²) in [4.78, 5) is 36.6. The molecule has 7 nitrogen and oxygen atoms in total. The predicted octanol–water partition coefficient (Wildman–Crippen LogP) is 3.74. The van der Waals surface area contributed by atoms with Gasteiger partial charge in [0.25, 0.3) is 11.8 Å². The normalized spacial score (nSPS) is 12.9. The summed E-state index contributed by atoms with van der Waals surface area (Å²) >= 11 is 0. The zero-order chi connectivity index (χ0) is 23.2. The van der Waals surface area contributed by atoms with E-state index in [1.165, 1.54) is 12.1 Å². The van der Waals surface area contributed by atoms with Crippen molar-refractivity contribution < 1.29 is 19.1 Å². The fraction of sp³-hybridized carbons (Fsp3) is 0.154. The molecule has 1 N–H and O–H groups in total. The molecule has 0 saturated heterocycles. The number of nitrogens with one attached hydrogen (secondary N) is 1. The highest BCUT2D eigenvalue weighted by Crippen LogP contribution is 2.22. The Balaban J connectivity index is 1.38. The molecule has 0 aromatic heterocycles. The summed E-state index contributed by atoms with van der Waals surface area (Å²) in [5.41, 5.74) is 4.20. The number of rotatable bonds is 7. The summed E-state index contributed by atoms with van der Waals surface area (Å²) in [6, 6.07) is 23.5. The maximum Gasteiger partial charge on any atom is 0.337 e. The fourth-order valence-corrected chi connectivity index (χ4v) is 3.58. The van der Waals surface area contributed by atoms with E-state index >= 15 is 0 Å². The molecule has 1 heterocycles. The molecule has 0 aliphatic carbocycles. The van der Waals surface area contributed by atoms with Crippen LogP contribution < -0.4 is 10.3 Å². The Hall–Kier alpha value is -4.26. The van der Waals surface area contributed by atoms with Crippen LogP contribution in [0.3, 0.4) is 0 Å². The summed E-state index contributed by atoms with van der Waals surface area (Å²) in [5.74, 6) is -0.778. The number of hydrogen-bond donors (Lipinski definition) is 1. The highest BCUT2D eigenvalue weighted by atomic mass is 16.5. The first-order chi connectivity index (χ1) is 16.0. The van der Waals surface area contributed by atoms with E-state index in [1.807, 2.05) is 36.4 Å². The molecular formula is C26H23N3O4. The number of hydrogen-bond acceptors (Lipinski definition) is 5. The molecule has 0 radical (unpaired) electrons. The Morgan fingerprint density at radius 1 is 0.939 bits per heavy atom. The Bertz CT molecular complexity index is 1200. The lowest BCUT2D eigenvalue weighted by Crippen LogP contribution is -2.23. The molecule has 0 fully saturated rings. The third kappa shape index (κ3) is 5.33. The first-order valence-electron chi connectivity index (χ1n) is 10.5. The average molecular weight is 441 g/mol. The molecule has 0 atom stereocenters. The van der Waals surface area contributed by atoms with Gasteiger partial charge in [-0.3, -0.25) is 9.59 Å². The molecule has 3 aromatic carbocycles. The molecule has 0 bridgehead atoms. The summed E-state index contributed by atoms with van der Waals surface area (Å²) in [5, 5.41) is 8.70. The number of nitrogens with zero attached hydrogens (tertiary/aromatic N) is 2. The second kappa shape index (κ2) is 9.91. The number of ether oxygens (including phenoxy) is 1. The lowest BCUT2D eigenvalue weighted by atomic mass is 10.1.